The third kappa shape index (κ3) is 4.18. The third-order valence-corrected chi connectivity index (χ3v) is 1.96. The average molecular weight is 213 g/mol. The van der Waals surface area contributed by atoms with E-state index in [1.54, 1.807) is 6.20 Å². The summed E-state index contributed by atoms with van der Waals surface area (Å²) in [5.41, 5.74) is 5.62. The molecule has 1 aromatic rings. The minimum absolute atomic E-state index is 0.0560. The average Bonchev–Trinajstić information content (AvgIpc) is 2.49. The van der Waals surface area contributed by atoms with Crippen LogP contribution in [0.1, 0.15) is 25.6 Å². The van der Waals surface area contributed by atoms with Crippen molar-refractivity contribution in [3.05, 3.63) is 11.1 Å². The minimum atomic E-state index is -0.0560. The molecule has 1 rings (SSSR count). The fourth-order valence-electron chi connectivity index (χ4n) is 0.844. The molecule has 0 amide bonds. The second-order valence-corrected chi connectivity index (χ2v) is 4.83. The number of aromatic nitrogens is 2. The summed E-state index contributed by atoms with van der Waals surface area (Å²) in [4.78, 5) is 5.17. The molecule has 78 valence electrons. The van der Waals surface area contributed by atoms with E-state index in [0.29, 0.717) is 12.5 Å². The molecule has 0 fully saturated rings. The minimum Gasteiger partial charge on any atom is -0.370 e. The molecule has 0 saturated heterocycles. The van der Waals surface area contributed by atoms with E-state index in [9.17, 15) is 0 Å². The van der Waals surface area contributed by atoms with E-state index in [-0.39, 0.29) is 5.54 Å². The van der Waals surface area contributed by atoms with E-state index in [0.717, 1.165) is 4.88 Å². The molecule has 0 aliphatic heterocycles. The molecule has 0 unspecified atom stereocenters. The molecule has 14 heavy (non-hydrogen) atoms. The first-order valence-corrected chi connectivity index (χ1v) is 5.09. The fraction of sp³-hybridized carbons (Fsp3) is 0.625. The maximum absolute atomic E-state index is 5.68. The third-order valence-electron chi connectivity index (χ3n) is 1.32. The van der Waals surface area contributed by atoms with Crippen LogP contribution in [0.15, 0.2) is 11.2 Å². The molecular formula is C8H15N5S. The molecular weight excluding hydrogens is 198 g/mol. The van der Waals surface area contributed by atoms with E-state index in [1.807, 2.05) is 20.8 Å². The van der Waals surface area contributed by atoms with Crippen molar-refractivity contribution in [2.75, 3.05) is 0 Å². The van der Waals surface area contributed by atoms with E-state index < -0.39 is 0 Å². The van der Waals surface area contributed by atoms with Gasteiger partial charge in [-0.2, -0.15) is 0 Å². The van der Waals surface area contributed by atoms with Gasteiger partial charge in [-0.05, 0) is 32.3 Å². The molecule has 0 bridgehead atoms. The molecule has 0 atom stereocenters. The Balaban J connectivity index is 2.45. The van der Waals surface area contributed by atoms with Crippen molar-refractivity contribution in [1.82, 2.24) is 14.9 Å². The number of nitrogens with two attached hydrogens (primary N) is 1. The molecule has 3 N–H and O–H groups in total. The van der Waals surface area contributed by atoms with Crippen LogP contribution >= 0.6 is 11.5 Å². The van der Waals surface area contributed by atoms with Crippen molar-refractivity contribution in [3.8, 4) is 0 Å². The topological polar surface area (TPSA) is 76.2 Å². The summed E-state index contributed by atoms with van der Waals surface area (Å²) in [5.74, 6) is 0.450. The molecule has 0 aromatic carbocycles. The highest BCUT2D eigenvalue weighted by Gasteiger charge is 2.09. The van der Waals surface area contributed by atoms with Crippen LogP contribution in [0.2, 0.25) is 0 Å². The second-order valence-electron chi connectivity index (χ2n) is 3.96. The molecule has 0 aliphatic rings. The van der Waals surface area contributed by atoms with Crippen LogP contribution in [0.4, 0.5) is 0 Å². The van der Waals surface area contributed by atoms with Gasteiger partial charge in [0.25, 0.3) is 0 Å². The number of nitrogens with zero attached hydrogens (tertiary/aromatic N) is 3. The lowest BCUT2D eigenvalue weighted by molar-refractivity contribution is 0.508. The van der Waals surface area contributed by atoms with Crippen LogP contribution < -0.4 is 11.1 Å². The van der Waals surface area contributed by atoms with Gasteiger partial charge in [-0.3, -0.25) is 0 Å². The molecule has 6 heteroatoms. The van der Waals surface area contributed by atoms with E-state index >= 15 is 0 Å². The largest absolute Gasteiger partial charge is 0.370 e. The van der Waals surface area contributed by atoms with Crippen LogP contribution in [0.25, 0.3) is 0 Å². The van der Waals surface area contributed by atoms with Crippen LogP contribution in [0, 0.1) is 0 Å². The quantitative estimate of drug-likeness (QED) is 0.561. The monoisotopic (exact) mass is 213 g/mol. The maximum Gasteiger partial charge on any atom is 0.189 e. The maximum atomic E-state index is 5.68. The lowest BCUT2D eigenvalue weighted by Gasteiger charge is -2.20. The van der Waals surface area contributed by atoms with Crippen molar-refractivity contribution < 1.29 is 0 Å². The SMILES string of the molecule is CC(C)(C)NC(N)=NCc1cnns1. The molecule has 0 radical (unpaired) electrons. The van der Waals surface area contributed by atoms with Crippen LogP contribution in [-0.2, 0) is 6.54 Å². The zero-order valence-electron chi connectivity index (χ0n) is 8.61. The van der Waals surface area contributed by atoms with Crippen molar-refractivity contribution in [1.29, 1.82) is 0 Å². The Bertz CT molecular complexity index is 298. The number of rotatable bonds is 2. The van der Waals surface area contributed by atoms with Crippen LogP contribution in [-0.4, -0.2) is 21.1 Å². The molecule has 5 nitrogen and oxygen atoms in total. The summed E-state index contributed by atoms with van der Waals surface area (Å²) in [5, 5.41) is 6.79. The zero-order chi connectivity index (χ0) is 10.6. The smallest absolute Gasteiger partial charge is 0.189 e. The predicted molar refractivity (Wildman–Crippen MR) is 58.1 cm³/mol. The summed E-state index contributed by atoms with van der Waals surface area (Å²) in [7, 11) is 0. The van der Waals surface area contributed by atoms with Gasteiger partial charge in [0.2, 0.25) is 0 Å². The van der Waals surface area contributed by atoms with Crippen molar-refractivity contribution >= 4 is 17.5 Å². The highest BCUT2D eigenvalue weighted by molar-refractivity contribution is 7.05. The predicted octanol–water partition coefficient (Wildman–Crippen LogP) is 0.741. The number of nitrogens with one attached hydrogen (secondary N) is 1. The Kier molecular flexibility index (Phi) is 3.40. The van der Waals surface area contributed by atoms with Gasteiger partial charge in [-0.25, -0.2) is 4.99 Å². The summed E-state index contributed by atoms with van der Waals surface area (Å²) in [6.45, 7) is 6.63. The van der Waals surface area contributed by atoms with Gasteiger partial charge in [0.1, 0.15) is 0 Å². The van der Waals surface area contributed by atoms with Crippen LogP contribution in [0.3, 0.4) is 0 Å². The molecule has 1 aromatic heterocycles. The lowest BCUT2D eigenvalue weighted by Crippen LogP contribution is -2.44. The molecule has 0 spiro atoms. The van der Waals surface area contributed by atoms with Gasteiger partial charge in [-0.1, -0.05) is 4.49 Å². The van der Waals surface area contributed by atoms with Crippen molar-refractivity contribution in [2.24, 2.45) is 10.7 Å². The first-order chi connectivity index (χ1) is 6.47. The number of aliphatic imine (C=N–C) groups is 1. The summed E-state index contributed by atoms with van der Waals surface area (Å²) in [6, 6.07) is 0. The number of hydrogen-bond donors (Lipinski definition) is 2. The van der Waals surface area contributed by atoms with E-state index in [2.05, 4.69) is 19.9 Å². The van der Waals surface area contributed by atoms with E-state index in [4.69, 9.17) is 5.73 Å². The standard InChI is InChI=1S/C8H15N5S/c1-8(2,3)12-7(9)10-4-6-5-11-13-14-6/h5H,4H2,1-3H3,(H3,9,10,12). The Labute approximate surface area is 87.6 Å². The van der Waals surface area contributed by atoms with E-state index in [1.165, 1.54) is 11.5 Å². The zero-order valence-corrected chi connectivity index (χ0v) is 9.43. The lowest BCUT2D eigenvalue weighted by atomic mass is 10.1. The summed E-state index contributed by atoms with van der Waals surface area (Å²) < 4.78 is 3.74. The highest BCUT2D eigenvalue weighted by atomic mass is 32.1. The second kappa shape index (κ2) is 4.36. The number of guanidine groups is 1. The Hall–Kier alpha value is -1.17. The first-order valence-electron chi connectivity index (χ1n) is 4.32. The van der Waals surface area contributed by atoms with Gasteiger partial charge in [-0.15, -0.1) is 5.10 Å². The number of hydrogen-bond acceptors (Lipinski definition) is 4. The Morgan fingerprint density at radius 1 is 1.64 bits per heavy atom. The van der Waals surface area contributed by atoms with Crippen LogP contribution in [0.5, 0.6) is 0 Å². The highest BCUT2D eigenvalue weighted by Crippen LogP contribution is 2.03. The van der Waals surface area contributed by atoms with Gasteiger partial charge in [0, 0.05) is 5.54 Å². The summed E-state index contributed by atoms with van der Waals surface area (Å²) in [6.07, 6.45) is 1.69. The Morgan fingerprint density at radius 2 is 2.36 bits per heavy atom. The molecule has 1 heterocycles. The molecule has 0 aliphatic carbocycles. The van der Waals surface area contributed by atoms with Crippen molar-refractivity contribution in [2.45, 2.75) is 32.9 Å². The normalized spacial score (nSPS) is 12.9. The molecule has 0 saturated carbocycles. The first kappa shape index (κ1) is 10.9. The van der Waals surface area contributed by atoms with Crippen molar-refractivity contribution in [3.63, 3.8) is 0 Å². The van der Waals surface area contributed by atoms with Gasteiger partial charge in [0.05, 0.1) is 17.6 Å². The summed E-state index contributed by atoms with van der Waals surface area (Å²) >= 11 is 1.33. The van der Waals surface area contributed by atoms with Gasteiger partial charge < -0.3 is 11.1 Å². The Morgan fingerprint density at radius 3 is 2.86 bits per heavy atom. The fourth-order valence-corrected chi connectivity index (χ4v) is 1.26. The van der Waals surface area contributed by atoms with Gasteiger partial charge in [0.15, 0.2) is 5.96 Å². The van der Waals surface area contributed by atoms with Gasteiger partial charge >= 0.3 is 0 Å².